The molecule has 1 aromatic rings. The Balaban J connectivity index is 1.71. The van der Waals surface area contributed by atoms with Crippen molar-refractivity contribution in [3.8, 4) is 0 Å². The minimum Gasteiger partial charge on any atom is -0.301 e. The molecule has 1 heterocycles. The zero-order valence-corrected chi connectivity index (χ0v) is 11.9. The molecule has 100 valence electrons. The quantitative estimate of drug-likeness (QED) is 0.754. The smallest absolute Gasteiger partial charge is 0.00643 e. The molecule has 1 aliphatic heterocycles. The van der Waals surface area contributed by atoms with Crippen LogP contribution < -0.4 is 0 Å². The summed E-state index contributed by atoms with van der Waals surface area (Å²) in [5.41, 5.74) is 1.50. The van der Waals surface area contributed by atoms with E-state index in [2.05, 4.69) is 49.1 Å². The molecular formula is C17H27N. The fourth-order valence-corrected chi connectivity index (χ4v) is 2.96. The highest BCUT2D eigenvalue weighted by Gasteiger charge is 2.21. The van der Waals surface area contributed by atoms with E-state index in [-0.39, 0.29) is 0 Å². The highest BCUT2D eigenvalue weighted by Crippen LogP contribution is 2.24. The van der Waals surface area contributed by atoms with Gasteiger partial charge in [-0.25, -0.2) is 0 Å². The normalized spacial score (nSPS) is 19.9. The van der Waals surface area contributed by atoms with Crippen molar-refractivity contribution in [3.63, 3.8) is 0 Å². The highest BCUT2D eigenvalue weighted by atomic mass is 15.2. The molecule has 0 amide bonds. The van der Waals surface area contributed by atoms with Crippen LogP contribution in [0.3, 0.4) is 0 Å². The Morgan fingerprint density at radius 1 is 1.17 bits per heavy atom. The van der Waals surface area contributed by atoms with E-state index in [1.54, 1.807) is 0 Å². The van der Waals surface area contributed by atoms with E-state index in [0.717, 1.165) is 12.0 Å². The van der Waals surface area contributed by atoms with E-state index in [1.165, 1.54) is 50.8 Å². The molecule has 0 spiro atoms. The molecule has 1 fully saturated rings. The lowest BCUT2D eigenvalue weighted by Crippen LogP contribution is -2.39. The molecule has 1 saturated heterocycles. The van der Waals surface area contributed by atoms with Crippen molar-refractivity contribution < 1.29 is 0 Å². The van der Waals surface area contributed by atoms with Crippen LogP contribution in [0.1, 0.15) is 45.1 Å². The van der Waals surface area contributed by atoms with E-state index in [0.29, 0.717) is 0 Å². The Morgan fingerprint density at radius 2 is 1.83 bits per heavy atom. The van der Waals surface area contributed by atoms with Gasteiger partial charge in [0.05, 0.1) is 0 Å². The number of aryl methyl sites for hydroxylation is 1. The molecule has 0 bridgehead atoms. The molecule has 1 aromatic carbocycles. The second-order valence-electron chi connectivity index (χ2n) is 5.76. The molecule has 0 aromatic heterocycles. The van der Waals surface area contributed by atoms with Crippen LogP contribution in [-0.2, 0) is 6.42 Å². The third kappa shape index (κ3) is 3.84. The number of hydrogen-bond donors (Lipinski definition) is 0. The standard InChI is InChI=1S/C17H27N/c1-3-15(2)18-13-11-17(12-14-18)10-9-16-7-5-4-6-8-16/h4-8,15,17H,3,9-14H2,1-2H3. The van der Waals surface area contributed by atoms with Crippen LogP contribution in [0, 0.1) is 5.92 Å². The fourth-order valence-electron chi connectivity index (χ4n) is 2.96. The van der Waals surface area contributed by atoms with Gasteiger partial charge in [-0.15, -0.1) is 0 Å². The van der Waals surface area contributed by atoms with Crippen molar-refractivity contribution in [1.82, 2.24) is 4.90 Å². The summed E-state index contributed by atoms with van der Waals surface area (Å²) in [4.78, 5) is 2.67. The lowest BCUT2D eigenvalue weighted by Gasteiger charge is -2.35. The minimum atomic E-state index is 0.778. The first kappa shape index (κ1) is 13.6. The van der Waals surface area contributed by atoms with Crippen LogP contribution in [0.2, 0.25) is 0 Å². The van der Waals surface area contributed by atoms with Gasteiger partial charge in [0.25, 0.3) is 0 Å². The minimum absolute atomic E-state index is 0.778. The Labute approximate surface area is 112 Å². The van der Waals surface area contributed by atoms with E-state index in [1.807, 2.05) is 0 Å². The third-order valence-corrected chi connectivity index (χ3v) is 4.55. The third-order valence-electron chi connectivity index (χ3n) is 4.55. The number of piperidine rings is 1. The van der Waals surface area contributed by atoms with E-state index >= 15 is 0 Å². The Bertz CT molecular complexity index is 325. The Hall–Kier alpha value is -0.820. The molecule has 1 nitrogen and oxygen atoms in total. The van der Waals surface area contributed by atoms with Gasteiger partial charge in [-0.2, -0.15) is 0 Å². The van der Waals surface area contributed by atoms with Gasteiger partial charge < -0.3 is 4.90 Å². The maximum atomic E-state index is 2.67. The van der Waals surface area contributed by atoms with Crippen molar-refractivity contribution in [2.24, 2.45) is 5.92 Å². The SMILES string of the molecule is CCC(C)N1CCC(CCc2ccccc2)CC1. The fraction of sp³-hybridized carbons (Fsp3) is 0.647. The second kappa shape index (κ2) is 6.94. The summed E-state index contributed by atoms with van der Waals surface area (Å²) < 4.78 is 0. The molecule has 1 heteroatoms. The number of benzene rings is 1. The van der Waals surface area contributed by atoms with E-state index in [9.17, 15) is 0 Å². The molecule has 1 atom stereocenters. The van der Waals surface area contributed by atoms with Gasteiger partial charge in [0.1, 0.15) is 0 Å². The van der Waals surface area contributed by atoms with Gasteiger partial charge in [0, 0.05) is 6.04 Å². The van der Waals surface area contributed by atoms with Crippen LogP contribution in [0.25, 0.3) is 0 Å². The van der Waals surface area contributed by atoms with Crippen molar-refractivity contribution in [2.75, 3.05) is 13.1 Å². The second-order valence-corrected chi connectivity index (χ2v) is 5.76. The van der Waals surface area contributed by atoms with Crippen molar-refractivity contribution in [2.45, 2.75) is 52.0 Å². The average molecular weight is 245 g/mol. The zero-order chi connectivity index (χ0) is 12.8. The maximum absolute atomic E-state index is 2.67. The summed E-state index contributed by atoms with van der Waals surface area (Å²) in [5.74, 6) is 0.950. The summed E-state index contributed by atoms with van der Waals surface area (Å²) in [6.07, 6.45) is 6.72. The van der Waals surface area contributed by atoms with Gasteiger partial charge in [-0.3, -0.25) is 0 Å². The summed E-state index contributed by atoms with van der Waals surface area (Å²) in [6, 6.07) is 11.7. The van der Waals surface area contributed by atoms with E-state index < -0.39 is 0 Å². The molecule has 2 rings (SSSR count). The summed E-state index contributed by atoms with van der Waals surface area (Å²) in [7, 11) is 0. The molecular weight excluding hydrogens is 218 g/mol. The van der Waals surface area contributed by atoms with Gasteiger partial charge in [-0.05, 0) is 63.6 Å². The maximum Gasteiger partial charge on any atom is 0.00643 e. The van der Waals surface area contributed by atoms with Gasteiger partial charge >= 0.3 is 0 Å². The molecule has 1 unspecified atom stereocenters. The molecule has 0 N–H and O–H groups in total. The van der Waals surface area contributed by atoms with Crippen molar-refractivity contribution >= 4 is 0 Å². The van der Waals surface area contributed by atoms with Crippen LogP contribution in [0.5, 0.6) is 0 Å². The molecule has 0 radical (unpaired) electrons. The Kier molecular flexibility index (Phi) is 5.25. The lowest BCUT2D eigenvalue weighted by molar-refractivity contribution is 0.135. The van der Waals surface area contributed by atoms with Crippen LogP contribution in [0.15, 0.2) is 30.3 Å². The van der Waals surface area contributed by atoms with Crippen molar-refractivity contribution in [1.29, 1.82) is 0 Å². The highest BCUT2D eigenvalue weighted by molar-refractivity contribution is 5.14. The van der Waals surface area contributed by atoms with E-state index in [4.69, 9.17) is 0 Å². The average Bonchev–Trinajstić information content (AvgIpc) is 2.46. The summed E-state index contributed by atoms with van der Waals surface area (Å²) in [5, 5.41) is 0. The monoisotopic (exact) mass is 245 g/mol. The Morgan fingerprint density at radius 3 is 2.44 bits per heavy atom. The summed E-state index contributed by atoms with van der Waals surface area (Å²) >= 11 is 0. The van der Waals surface area contributed by atoms with Crippen molar-refractivity contribution in [3.05, 3.63) is 35.9 Å². The first-order chi connectivity index (χ1) is 8.79. The molecule has 1 aliphatic rings. The van der Waals surface area contributed by atoms with Crippen LogP contribution in [-0.4, -0.2) is 24.0 Å². The lowest BCUT2D eigenvalue weighted by atomic mass is 9.90. The molecule has 0 saturated carbocycles. The van der Waals surface area contributed by atoms with Crippen LogP contribution in [0.4, 0.5) is 0 Å². The first-order valence-electron chi connectivity index (χ1n) is 7.57. The van der Waals surface area contributed by atoms with Crippen LogP contribution >= 0.6 is 0 Å². The molecule has 0 aliphatic carbocycles. The number of nitrogens with zero attached hydrogens (tertiary/aromatic N) is 1. The van der Waals surface area contributed by atoms with Gasteiger partial charge in [0.2, 0.25) is 0 Å². The van der Waals surface area contributed by atoms with Gasteiger partial charge in [-0.1, -0.05) is 37.3 Å². The largest absolute Gasteiger partial charge is 0.301 e. The predicted molar refractivity (Wildman–Crippen MR) is 78.8 cm³/mol. The zero-order valence-electron chi connectivity index (χ0n) is 11.9. The topological polar surface area (TPSA) is 3.24 Å². The first-order valence-corrected chi connectivity index (χ1v) is 7.57. The number of rotatable bonds is 5. The van der Waals surface area contributed by atoms with Gasteiger partial charge in [0.15, 0.2) is 0 Å². The molecule has 18 heavy (non-hydrogen) atoms. The summed E-state index contributed by atoms with van der Waals surface area (Å²) in [6.45, 7) is 7.29. The number of likely N-dealkylation sites (tertiary alicyclic amines) is 1. The predicted octanol–water partition coefficient (Wildman–Crippen LogP) is 4.13. The number of hydrogen-bond acceptors (Lipinski definition) is 1.